The molecule has 0 aliphatic rings. The van der Waals surface area contributed by atoms with Crippen molar-refractivity contribution < 1.29 is 4.79 Å². The number of carbonyl (C=O) groups is 1. The van der Waals surface area contributed by atoms with Gasteiger partial charge in [0.1, 0.15) is 5.69 Å². The van der Waals surface area contributed by atoms with Gasteiger partial charge in [0.15, 0.2) is 0 Å². The Morgan fingerprint density at radius 3 is 2.59 bits per heavy atom. The van der Waals surface area contributed by atoms with E-state index in [1.807, 2.05) is 38.1 Å². The average molecular weight is 357 g/mol. The number of nitriles is 1. The third-order valence-electron chi connectivity index (χ3n) is 4.19. The molecule has 0 bridgehead atoms. The molecule has 1 amide bonds. The Balaban J connectivity index is 1.85. The van der Waals surface area contributed by atoms with E-state index in [-0.39, 0.29) is 11.6 Å². The number of anilines is 3. The number of benzene rings is 2. The van der Waals surface area contributed by atoms with Crippen LogP contribution in [0.3, 0.4) is 0 Å². The van der Waals surface area contributed by atoms with Gasteiger partial charge >= 0.3 is 0 Å². The van der Waals surface area contributed by atoms with Gasteiger partial charge in [-0.05, 0) is 62.2 Å². The zero-order valence-corrected chi connectivity index (χ0v) is 15.4. The van der Waals surface area contributed by atoms with Gasteiger partial charge in [-0.1, -0.05) is 18.2 Å². The molecular formula is C21H19N5O. The number of nitrogens with zero attached hydrogens (tertiary/aromatic N) is 3. The predicted octanol–water partition coefficient (Wildman–Crippen LogP) is 4.27. The second kappa shape index (κ2) is 7.67. The Morgan fingerprint density at radius 2 is 1.81 bits per heavy atom. The van der Waals surface area contributed by atoms with Gasteiger partial charge in [0.05, 0.1) is 11.6 Å². The summed E-state index contributed by atoms with van der Waals surface area (Å²) in [5.41, 5.74) is 5.01. The van der Waals surface area contributed by atoms with Crippen LogP contribution in [-0.2, 0) is 0 Å². The van der Waals surface area contributed by atoms with Crippen LogP contribution in [-0.4, -0.2) is 15.9 Å². The maximum Gasteiger partial charge on any atom is 0.274 e. The highest BCUT2D eigenvalue weighted by molar-refractivity contribution is 6.03. The van der Waals surface area contributed by atoms with E-state index in [1.165, 1.54) is 0 Å². The van der Waals surface area contributed by atoms with Gasteiger partial charge in [-0.15, -0.1) is 0 Å². The summed E-state index contributed by atoms with van der Waals surface area (Å²) in [5, 5.41) is 15.0. The minimum absolute atomic E-state index is 0.266. The average Bonchev–Trinajstić information content (AvgIpc) is 2.65. The van der Waals surface area contributed by atoms with Crippen LogP contribution < -0.4 is 10.6 Å². The number of aromatic nitrogens is 2. The standard InChI is InChI=1S/C21H19N5O/c1-13-6-4-9-18(15(13)3)25-20(27)19-10-14(2)23-21(26-19)24-17-8-5-7-16(11-17)12-22/h4-11H,1-3H3,(H,25,27)(H,23,24,26). The number of aryl methyl sites for hydroxylation is 2. The lowest BCUT2D eigenvalue weighted by atomic mass is 10.1. The fourth-order valence-corrected chi connectivity index (χ4v) is 2.61. The van der Waals surface area contributed by atoms with Crippen molar-refractivity contribution in [1.29, 1.82) is 5.26 Å². The number of hydrogen-bond acceptors (Lipinski definition) is 5. The molecule has 0 unspecified atom stereocenters. The summed E-state index contributed by atoms with van der Waals surface area (Å²) in [6.45, 7) is 5.76. The fourth-order valence-electron chi connectivity index (χ4n) is 2.61. The summed E-state index contributed by atoms with van der Waals surface area (Å²) in [4.78, 5) is 21.3. The van der Waals surface area contributed by atoms with Gasteiger partial charge in [-0.2, -0.15) is 5.26 Å². The molecule has 0 aliphatic heterocycles. The summed E-state index contributed by atoms with van der Waals surface area (Å²) in [6, 6.07) is 16.5. The van der Waals surface area contributed by atoms with E-state index in [0.29, 0.717) is 22.9 Å². The maximum absolute atomic E-state index is 12.7. The summed E-state index contributed by atoms with van der Waals surface area (Å²) in [7, 11) is 0. The van der Waals surface area contributed by atoms with Crippen molar-refractivity contribution in [3.8, 4) is 6.07 Å². The normalized spacial score (nSPS) is 10.1. The van der Waals surface area contributed by atoms with Gasteiger partial charge in [-0.25, -0.2) is 9.97 Å². The SMILES string of the molecule is Cc1cc(C(=O)Nc2cccc(C)c2C)nc(Nc2cccc(C#N)c2)n1. The molecule has 0 radical (unpaired) electrons. The first-order valence-corrected chi connectivity index (χ1v) is 8.46. The summed E-state index contributed by atoms with van der Waals surface area (Å²) >= 11 is 0. The van der Waals surface area contributed by atoms with Crippen LogP contribution in [0.15, 0.2) is 48.5 Å². The van der Waals surface area contributed by atoms with Crippen LogP contribution in [0.2, 0.25) is 0 Å². The Hall–Kier alpha value is -3.72. The predicted molar refractivity (Wildman–Crippen MR) is 105 cm³/mol. The number of nitrogens with one attached hydrogen (secondary N) is 2. The first-order valence-electron chi connectivity index (χ1n) is 8.46. The molecule has 3 aromatic rings. The van der Waals surface area contributed by atoms with Gasteiger partial charge in [0, 0.05) is 17.1 Å². The highest BCUT2D eigenvalue weighted by atomic mass is 16.1. The van der Waals surface area contributed by atoms with E-state index in [4.69, 9.17) is 5.26 Å². The molecule has 3 rings (SSSR count). The Morgan fingerprint density at radius 1 is 1.04 bits per heavy atom. The van der Waals surface area contributed by atoms with Crippen molar-refractivity contribution in [3.63, 3.8) is 0 Å². The molecular weight excluding hydrogens is 338 g/mol. The number of amides is 1. The molecule has 0 saturated heterocycles. The van der Waals surface area contributed by atoms with Crippen molar-refractivity contribution in [2.75, 3.05) is 10.6 Å². The lowest BCUT2D eigenvalue weighted by Crippen LogP contribution is -2.16. The zero-order chi connectivity index (χ0) is 19.4. The van der Waals surface area contributed by atoms with E-state index < -0.39 is 0 Å². The smallest absolute Gasteiger partial charge is 0.274 e. The first kappa shape index (κ1) is 18.1. The van der Waals surface area contributed by atoms with Crippen molar-refractivity contribution in [3.05, 3.63) is 76.6 Å². The quantitative estimate of drug-likeness (QED) is 0.728. The molecule has 6 heteroatoms. The minimum Gasteiger partial charge on any atom is -0.324 e. The summed E-state index contributed by atoms with van der Waals surface area (Å²) < 4.78 is 0. The maximum atomic E-state index is 12.7. The number of carbonyl (C=O) groups excluding carboxylic acids is 1. The molecule has 0 spiro atoms. The van der Waals surface area contributed by atoms with Crippen molar-refractivity contribution in [1.82, 2.24) is 9.97 Å². The van der Waals surface area contributed by atoms with E-state index in [1.54, 1.807) is 31.2 Å². The molecule has 2 N–H and O–H groups in total. The van der Waals surface area contributed by atoms with Crippen LogP contribution in [0.1, 0.15) is 32.9 Å². The largest absolute Gasteiger partial charge is 0.324 e. The molecule has 134 valence electrons. The second-order valence-electron chi connectivity index (χ2n) is 6.24. The fraction of sp³-hybridized carbons (Fsp3) is 0.143. The Labute approximate surface area is 157 Å². The van der Waals surface area contributed by atoms with E-state index in [0.717, 1.165) is 16.8 Å². The molecule has 27 heavy (non-hydrogen) atoms. The summed E-state index contributed by atoms with van der Waals surface area (Å²) in [6.07, 6.45) is 0. The Bertz CT molecular complexity index is 1050. The highest BCUT2D eigenvalue weighted by Crippen LogP contribution is 2.20. The second-order valence-corrected chi connectivity index (χ2v) is 6.24. The number of hydrogen-bond donors (Lipinski definition) is 2. The monoisotopic (exact) mass is 357 g/mol. The molecule has 0 aliphatic carbocycles. The zero-order valence-electron chi connectivity index (χ0n) is 15.4. The molecule has 1 aromatic heterocycles. The van der Waals surface area contributed by atoms with Crippen molar-refractivity contribution in [2.45, 2.75) is 20.8 Å². The van der Waals surface area contributed by atoms with Crippen LogP contribution >= 0.6 is 0 Å². The van der Waals surface area contributed by atoms with Crippen molar-refractivity contribution >= 4 is 23.2 Å². The molecule has 0 atom stereocenters. The van der Waals surface area contributed by atoms with Gasteiger partial charge in [0.2, 0.25) is 5.95 Å². The summed E-state index contributed by atoms with van der Waals surface area (Å²) in [5.74, 6) is -0.000713. The number of rotatable bonds is 4. The lowest BCUT2D eigenvalue weighted by Gasteiger charge is -2.11. The topological polar surface area (TPSA) is 90.7 Å². The van der Waals surface area contributed by atoms with Gasteiger partial charge in [0.25, 0.3) is 5.91 Å². The molecule has 0 fully saturated rings. The molecule has 0 saturated carbocycles. The van der Waals surface area contributed by atoms with Crippen molar-refractivity contribution in [2.24, 2.45) is 0 Å². The van der Waals surface area contributed by atoms with Crippen LogP contribution in [0.4, 0.5) is 17.3 Å². The van der Waals surface area contributed by atoms with Gasteiger partial charge < -0.3 is 10.6 Å². The van der Waals surface area contributed by atoms with E-state index in [2.05, 4.69) is 26.7 Å². The minimum atomic E-state index is -0.303. The third kappa shape index (κ3) is 4.28. The van der Waals surface area contributed by atoms with E-state index in [9.17, 15) is 4.79 Å². The molecule has 6 nitrogen and oxygen atoms in total. The first-order chi connectivity index (χ1) is 13.0. The van der Waals surface area contributed by atoms with Gasteiger partial charge in [-0.3, -0.25) is 4.79 Å². The Kier molecular flexibility index (Phi) is 5.13. The van der Waals surface area contributed by atoms with Crippen LogP contribution in [0, 0.1) is 32.1 Å². The van der Waals surface area contributed by atoms with Crippen LogP contribution in [0.25, 0.3) is 0 Å². The van der Waals surface area contributed by atoms with Crippen LogP contribution in [0.5, 0.6) is 0 Å². The molecule has 2 aromatic carbocycles. The lowest BCUT2D eigenvalue weighted by molar-refractivity contribution is 0.102. The highest BCUT2D eigenvalue weighted by Gasteiger charge is 2.13. The molecule has 1 heterocycles. The van der Waals surface area contributed by atoms with E-state index >= 15 is 0 Å². The third-order valence-corrected chi connectivity index (χ3v) is 4.19.